The highest BCUT2D eigenvalue weighted by Crippen LogP contribution is 2.13. The van der Waals surface area contributed by atoms with Crippen molar-refractivity contribution >= 4 is 0 Å². The molecule has 0 radical (unpaired) electrons. The van der Waals surface area contributed by atoms with Gasteiger partial charge in [-0.15, -0.1) is 0 Å². The molecule has 10 heavy (non-hydrogen) atoms. The Morgan fingerprint density at radius 3 is 2.90 bits per heavy atom. The maximum Gasteiger partial charge on any atom is 0.0558 e. The third kappa shape index (κ3) is 1.94. The highest BCUT2D eigenvalue weighted by molar-refractivity contribution is 4.75. The summed E-state index contributed by atoms with van der Waals surface area (Å²) in [5.41, 5.74) is 5.50. The Kier molecular flexibility index (Phi) is 3.12. The van der Waals surface area contributed by atoms with Crippen molar-refractivity contribution < 1.29 is 5.11 Å². The van der Waals surface area contributed by atoms with E-state index in [0.29, 0.717) is 5.92 Å². The molecule has 0 aromatic carbocycles. The number of rotatable bonds is 3. The van der Waals surface area contributed by atoms with E-state index < -0.39 is 0 Å². The molecular weight excluding hydrogens is 128 g/mol. The van der Waals surface area contributed by atoms with Crippen molar-refractivity contribution in [1.29, 1.82) is 0 Å². The van der Waals surface area contributed by atoms with E-state index in [4.69, 9.17) is 10.8 Å². The van der Waals surface area contributed by atoms with Gasteiger partial charge in [-0.3, -0.25) is 0 Å². The Morgan fingerprint density at radius 1 is 1.60 bits per heavy atom. The summed E-state index contributed by atoms with van der Waals surface area (Å²) in [7, 11) is 0. The molecule has 0 aromatic heterocycles. The summed E-state index contributed by atoms with van der Waals surface area (Å²) in [4.78, 5) is 2.26. The minimum atomic E-state index is 0.275. The summed E-state index contributed by atoms with van der Waals surface area (Å²) in [5.74, 6) is 0.673. The lowest BCUT2D eigenvalue weighted by Crippen LogP contribution is -2.25. The second-order valence-electron chi connectivity index (χ2n) is 2.91. The predicted octanol–water partition coefficient (Wildman–Crippen LogP) is -0.741. The average Bonchev–Trinajstić information content (AvgIpc) is 2.37. The van der Waals surface area contributed by atoms with Crippen LogP contribution in [0.2, 0.25) is 0 Å². The average molecular weight is 144 g/mol. The van der Waals surface area contributed by atoms with Crippen LogP contribution < -0.4 is 5.73 Å². The molecule has 0 aliphatic carbocycles. The van der Waals surface area contributed by atoms with E-state index in [1.807, 2.05) is 0 Å². The van der Waals surface area contributed by atoms with Crippen LogP contribution in [-0.2, 0) is 0 Å². The summed E-state index contributed by atoms with van der Waals surface area (Å²) in [6.07, 6.45) is 1.20. The first kappa shape index (κ1) is 7.98. The van der Waals surface area contributed by atoms with Gasteiger partial charge in [0.25, 0.3) is 0 Å². The minimum absolute atomic E-state index is 0.275. The van der Waals surface area contributed by atoms with Crippen molar-refractivity contribution in [2.45, 2.75) is 6.42 Å². The highest BCUT2D eigenvalue weighted by atomic mass is 16.3. The van der Waals surface area contributed by atoms with Gasteiger partial charge in [-0.05, 0) is 25.4 Å². The number of β-amino-alcohol motifs (C(OH)–C–C–N with tert-alkyl or cyclic N) is 1. The summed E-state index contributed by atoms with van der Waals surface area (Å²) < 4.78 is 0. The molecule has 0 aromatic rings. The number of aliphatic hydroxyl groups is 1. The summed E-state index contributed by atoms with van der Waals surface area (Å²) >= 11 is 0. The monoisotopic (exact) mass is 144 g/mol. The topological polar surface area (TPSA) is 49.5 Å². The fourth-order valence-electron chi connectivity index (χ4n) is 1.45. The Hall–Kier alpha value is -0.120. The quantitative estimate of drug-likeness (QED) is 0.548. The molecule has 3 heteroatoms. The first-order chi connectivity index (χ1) is 4.86. The highest BCUT2D eigenvalue weighted by Gasteiger charge is 2.19. The molecule has 0 spiro atoms. The zero-order chi connectivity index (χ0) is 7.40. The molecular formula is C7H16N2O. The minimum Gasteiger partial charge on any atom is -0.395 e. The van der Waals surface area contributed by atoms with E-state index >= 15 is 0 Å². The van der Waals surface area contributed by atoms with Crippen molar-refractivity contribution in [1.82, 2.24) is 4.90 Å². The second-order valence-corrected chi connectivity index (χ2v) is 2.91. The second kappa shape index (κ2) is 3.91. The molecule has 1 atom stereocenters. The standard InChI is InChI=1S/C7H16N2O/c8-5-7-1-2-9(6-7)3-4-10/h7,10H,1-6,8H2/t7-/m0/s1. The van der Waals surface area contributed by atoms with Crippen molar-refractivity contribution in [3.63, 3.8) is 0 Å². The first-order valence-electron chi connectivity index (χ1n) is 3.90. The van der Waals surface area contributed by atoms with Crippen LogP contribution in [0.3, 0.4) is 0 Å². The van der Waals surface area contributed by atoms with Gasteiger partial charge in [0, 0.05) is 13.1 Å². The molecule has 0 amide bonds. The van der Waals surface area contributed by atoms with Gasteiger partial charge in [-0.25, -0.2) is 0 Å². The lowest BCUT2D eigenvalue weighted by molar-refractivity contribution is 0.217. The van der Waals surface area contributed by atoms with Crippen LogP contribution in [0.1, 0.15) is 6.42 Å². The van der Waals surface area contributed by atoms with E-state index in [0.717, 1.165) is 26.2 Å². The molecule has 60 valence electrons. The van der Waals surface area contributed by atoms with Gasteiger partial charge in [-0.2, -0.15) is 0 Å². The summed E-state index contributed by atoms with van der Waals surface area (Å²) in [6, 6.07) is 0. The fraction of sp³-hybridized carbons (Fsp3) is 1.00. The van der Waals surface area contributed by atoms with Crippen LogP contribution in [0.5, 0.6) is 0 Å². The van der Waals surface area contributed by atoms with Crippen molar-refractivity contribution in [2.24, 2.45) is 11.7 Å². The number of aliphatic hydroxyl groups excluding tert-OH is 1. The van der Waals surface area contributed by atoms with Gasteiger partial charge in [0.05, 0.1) is 6.61 Å². The Labute approximate surface area is 61.8 Å². The SMILES string of the molecule is NC[C@@H]1CCN(CCO)C1. The molecule has 1 saturated heterocycles. The summed E-state index contributed by atoms with van der Waals surface area (Å²) in [6.45, 7) is 4.08. The van der Waals surface area contributed by atoms with Crippen LogP contribution in [0.15, 0.2) is 0 Å². The Morgan fingerprint density at radius 2 is 2.40 bits per heavy atom. The van der Waals surface area contributed by atoms with Crippen molar-refractivity contribution in [3.05, 3.63) is 0 Å². The van der Waals surface area contributed by atoms with E-state index in [1.54, 1.807) is 0 Å². The van der Waals surface area contributed by atoms with Gasteiger partial charge in [-0.1, -0.05) is 0 Å². The summed E-state index contributed by atoms with van der Waals surface area (Å²) in [5, 5.41) is 8.61. The molecule has 1 heterocycles. The van der Waals surface area contributed by atoms with Gasteiger partial charge < -0.3 is 15.7 Å². The maximum atomic E-state index is 8.61. The third-order valence-electron chi connectivity index (χ3n) is 2.12. The molecule has 1 aliphatic rings. The fourth-order valence-corrected chi connectivity index (χ4v) is 1.45. The van der Waals surface area contributed by atoms with Crippen LogP contribution in [0.4, 0.5) is 0 Å². The van der Waals surface area contributed by atoms with Gasteiger partial charge in [0.1, 0.15) is 0 Å². The van der Waals surface area contributed by atoms with Gasteiger partial charge >= 0.3 is 0 Å². The molecule has 0 unspecified atom stereocenters. The van der Waals surface area contributed by atoms with Crippen LogP contribution in [0.25, 0.3) is 0 Å². The zero-order valence-corrected chi connectivity index (χ0v) is 6.29. The van der Waals surface area contributed by atoms with E-state index in [2.05, 4.69) is 4.90 Å². The van der Waals surface area contributed by atoms with E-state index in [1.165, 1.54) is 6.42 Å². The largest absolute Gasteiger partial charge is 0.395 e. The predicted molar refractivity (Wildman–Crippen MR) is 40.7 cm³/mol. The number of hydrogen-bond donors (Lipinski definition) is 2. The molecule has 0 bridgehead atoms. The van der Waals surface area contributed by atoms with E-state index in [9.17, 15) is 0 Å². The molecule has 1 rings (SSSR count). The Bertz CT molecular complexity index is 97.6. The van der Waals surface area contributed by atoms with Crippen molar-refractivity contribution in [3.8, 4) is 0 Å². The molecule has 1 aliphatic heterocycles. The first-order valence-corrected chi connectivity index (χ1v) is 3.90. The normalized spacial score (nSPS) is 27.6. The number of nitrogens with two attached hydrogens (primary N) is 1. The van der Waals surface area contributed by atoms with Crippen LogP contribution in [-0.4, -0.2) is 42.8 Å². The maximum absolute atomic E-state index is 8.61. The third-order valence-corrected chi connectivity index (χ3v) is 2.12. The lowest BCUT2D eigenvalue weighted by atomic mass is 10.1. The van der Waals surface area contributed by atoms with E-state index in [-0.39, 0.29) is 6.61 Å². The molecule has 0 saturated carbocycles. The molecule has 1 fully saturated rings. The van der Waals surface area contributed by atoms with Gasteiger partial charge in [0.15, 0.2) is 0 Å². The smallest absolute Gasteiger partial charge is 0.0558 e. The zero-order valence-electron chi connectivity index (χ0n) is 6.29. The number of nitrogens with zero attached hydrogens (tertiary/aromatic N) is 1. The van der Waals surface area contributed by atoms with Crippen molar-refractivity contribution in [2.75, 3.05) is 32.8 Å². The molecule has 3 N–H and O–H groups in total. The molecule has 3 nitrogen and oxygen atoms in total. The number of hydrogen-bond acceptors (Lipinski definition) is 3. The Balaban J connectivity index is 2.15. The van der Waals surface area contributed by atoms with Crippen LogP contribution >= 0.6 is 0 Å². The number of likely N-dealkylation sites (tertiary alicyclic amines) is 1. The van der Waals surface area contributed by atoms with Gasteiger partial charge in [0.2, 0.25) is 0 Å². The van der Waals surface area contributed by atoms with Crippen LogP contribution in [0, 0.1) is 5.92 Å². The lowest BCUT2D eigenvalue weighted by Gasteiger charge is -2.12.